The van der Waals surface area contributed by atoms with Gasteiger partial charge in [0, 0.05) is 18.9 Å². The summed E-state index contributed by atoms with van der Waals surface area (Å²) in [6.07, 6.45) is 13.9. The fourth-order valence-corrected chi connectivity index (χ4v) is 5.10. The number of hydrogen-bond acceptors (Lipinski definition) is 5. The molecule has 1 fully saturated rings. The predicted octanol–water partition coefficient (Wildman–Crippen LogP) is 4.89. The molecule has 1 N–H and O–H groups in total. The Morgan fingerprint density at radius 2 is 1.97 bits per heavy atom. The lowest BCUT2D eigenvalue weighted by atomic mass is 9.90. The average Bonchev–Trinajstić information content (AvgIpc) is 3.63. The number of pyridine rings is 1. The van der Waals surface area contributed by atoms with E-state index in [2.05, 4.69) is 22.1 Å². The molecule has 3 heterocycles. The second-order valence-electron chi connectivity index (χ2n) is 10.9. The van der Waals surface area contributed by atoms with Crippen LogP contribution < -0.4 is 5.56 Å². The molecule has 2 aromatic heterocycles. The monoisotopic (exact) mass is 462 g/mol. The molecule has 2 aliphatic carbocycles. The predicted molar refractivity (Wildman–Crippen MR) is 131 cm³/mol. The van der Waals surface area contributed by atoms with Crippen LogP contribution in [-0.4, -0.2) is 38.1 Å². The third-order valence-corrected chi connectivity index (χ3v) is 7.10. The normalized spacial score (nSPS) is 19.6. The highest BCUT2D eigenvalue weighted by atomic mass is 16.6. The van der Waals surface area contributed by atoms with Crippen LogP contribution in [0.5, 0.6) is 0 Å². The van der Waals surface area contributed by atoms with Crippen molar-refractivity contribution in [3.8, 4) is 0 Å². The lowest BCUT2D eigenvalue weighted by Gasteiger charge is -2.26. The average molecular weight is 463 g/mol. The second-order valence-corrected chi connectivity index (χ2v) is 10.9. The van der Waals surface area contributed by atoms with E-state index >= 15 is 0 Å². The summed E-state index contributed by atoms with van der Waals surface area (Å²) in [6.45, 7) is 6.32. The van der Waals surface area contributed by atoms with Crippen molar-refractivity contribution in [1.29, 1.82) is 0 Å². The van der Waals surface area contributed by atoms with Gasteiger partial charge in [0.2, 0.25) is 0 Å². The molecule has 0 saturated heterocycles. The summed E-state index contributed by atoms with van der Waals surface area (Å²) in [5.74, 6) is 0.735. The van der Waals surface area contributed by atoms with Gasteiger partial charge in [0.1, 0.15) is 11.4 Å². The van der Waals surface area contributed by atoms with Crippen molar-refractivity contribution in [2.45, 2.75) is 89.7 Å². The van der Waals surface area contributed by atoms with E-state index in [-0.39, 0.29) is 23.6 Å². The number of allylic oxidation sites excluding steroid dienone is 2. The maximum Gasteiger partial charge on any atom is 0.410 e. The number of carbonyl (C=O) groups is 1. The Balaban J connectivity index is 1.44. The maximum absolute atomic E-state index is 13.2. The topological polar surface area (TPSA) is 88.2 Å². The van der Waals surface area contributed by atoms with Gasteiger partial charge in [-0.2, -0.15) is 0 Å². The third-order valence-electron chi connectivity index (χ3n) is 7.10. The molecule has 5 rings (SSSR count). The van der Waals surface area contributed by atoms with E-state index in [9.17, 15) is 9.59 Å². The Bertz CT molecular complexity index is 1190. The zero-order chi connectivity index (χ0) is 23.9. The molecule has 7 nitrogen and oxygen atoms in total. The first-order chi connectivity index (χ1) is 16.2. The standard InChI is InChI=1S/C27H34N4O3/c1-26(2,3)34-25(33)31-13-7-10-22-21(17-31)23(32)30-24(29-22)27(11-12-27)20-14-19(15-28-16-20)18-8-5-4-6-9-18/h8,14-16H,4-7,9-13,17H2,1-3H3,(H,29,30,32). The molecule has 0 radical (unpaired) electrons. The van der Waals surface area contributed by atoms with Crippen molar-refractivity contribution in [3.63, 3.8) is 0 Å². The van der Waals surface area contributed by atoms with E-state index in [4.69, 9.17) is 9.72 Å². The van der Waals surface area contributed by atoms with E-state index in [1.807, 2.05) is 33.2 Å². The van der Waals surface area contributed by atoms with Crippen molar-refractivity contribution < 1.29 is 9.53 Å². The van der Waals surface area contributed by atoms with Gasteiger partial charge in [-0.15, -0.1) is 0 Å². The number of aromatic amines is 1. The quantitative estimate of drug-likeness (QED) is 0.702. The molecule has 0 bridgehead atoms. The number of aromatic nitrogens is 3. The van der Waals surface area contributed by atoms with Crippen molar-refractivity contribution in [2.24, 2.45) is 0 Å². The molecule has 1 aliphatic heterocycles. The number of H-pyrrole nitrogens is 1. The Hall–Kier alpha value is -2.96. The number of ether oxygens (including phenoxy) is 1. The van der Waals surface area contributed by atoms with Gasteiger partial charge in [0.15, 0.2) is 0 Å². The van der Waals surface area contributed by atoms with Crippen molar-refractivity contribution >= 4 is 11.7 Å². The molecule has 7 heteroatoms. The summed E-state index contributed by atoms with van der Waals surface area (Å²) in [5, 5.41) is 0. The lowest BCUT2D eigenvalue weighted by Crippen LogP contribution is -2.37. The Kier molecular flexibility index (Phi) is 5.82. The highest BCUT2D eigenvalue weighted by molar-refractivity contribution is 5.68. The van der Waals surface area contributed by atoms with Crippen LogP contribution in [0.15, 0.2) is 29.3 Å². The summed E-state index contributed by atoms with van der Waals surface area (Å²) in [6, 6.07) is 2.24. The summed E-state index contributed by atoms with van der Waals surface area (Å²) in [4.78, 5) is 40.1. The Morgan fingerprint density at radius 1 is 1.15 bits per heavy atom. The minimum absolute atomic E-state index is 0.152. The van der Waals surface area contributed by atoms with Crippen LogP contribution in [0.4, 0.5) is 4.79 Å². The van der Waals surface area contributed by atoms with Gasteiger partial charge in [0.25, 0.3) is 5.56 Å². The van der Waals surface area contributed by atoms with E-state index in [0.717, 1.165) is 49.2 Å². The number of carbonyl (C=O) groups excluding carboxylic acids is 1. The van der Waals surface area contributed by atoms with Gasteiger partial charge >= 0.3 is 6.09 Å². The van der Waals surface area contributed by atoms with Crippen molar-refractivity contribution in [1.82, 2.24) is 19.9 Å². The number of nitrogens with zero attached hydrogens (tertiary/aromatic N) is 3. The van der Waals surface area contributed by atoms with Crippen LogP contribution in [0, 0.1) is 0 Å². The molecule has 1 saturated carbocycles. The smallest absolute Gasteiger partial charge is 0.410 e. The summed E-state index contributed by atoms with van der Waals surface area (Å²) < 4.78 is 5.54. The van der Waals surface area contributed by atoms with Crippen LogP contribution in [0.3, 0.4) is 0 Å². The first-order valence-corrected chi connectivity index (χ1v) is 12.5. The largest absolute Gasteiger partial charge is 0.444 e. The molecule has 1 amide bonds. The Morgan fingerprint density at radius 3 is 2.68 bits per heavy atom. The van der Waals surface area contributed by atoms with Crippen LogP contribution in [0.1, 0.15) is 93.9 Å². The highest BCUT2D eigenvalue weighted by Crippen LogP contribution is 2.52. The molecule has 0 spiro atoms. The molecular formula is C27H34N4O3. The van der Waals surface area contributed by atoms with Crippen LogP contribution >= 0.6 is 0 Å². The summed E-state index contributed by atoms with van der Waals surface area (Å²) in [7, 11) is 0. The Labute approximate surface area is 200 Å². The number of aryl methyl sites for hydroxylation is 1. The molecule has 2 aromatic rings. The zero-order valence-corrected chi connectivity index (χ0v) is 20.4. The van der Waals surface area contributed by atoms with E-state index < -0.39 is 5.60 Å². The molecule has 0 aromatic carbocycles. The van der Waals surface area contributed by atoms with Gasteiger partial charge in [-0.25, -0.2) is 9.78 Å². The first-order valence-electron chi connectivity index (χ1n) is 12.5. The molecule has 0 atom stereocenters. The van der Waals surface area contributed by atoms with E-state index in [1.54, 1.807) is 4.90 Å². The second kappa shape index (κ2) is 8.67. The number of fused-ring (bicyclic) bond motifs is 1. The van der Waals surface area contributed by atoms with Gasteiger partial charge in [-0.05, 0) is 94.9 Å². The number of rotatable bonds is 3. The fourth-order valence-electron chi connectivity index (χ4n) is 5.10. The van der Waals surface area contributed by atoms with Crippen molar-refractivity contribution in [2.75, 3.05) is 6.54 Å². The fraction of sp³-hybridized carbons (Fsp3) is 0.556. The molecule has 0 unspecified atom stereocenters. The van der Waals surface area contributed by atoms with Gasteiger partial charge in [-0.3, -0.25) is 9.78 Å². The van der Waals surface area contributed by atoms with Crippen LogP contribution in [0.2, 0.25) is 0 Å². The molecular weight excluding hydrogens is 428 g/mol. The van der Waals surface area contributed by atoms with Crippen LogP contribution in [0.25, 0.3) is 5.57 Å². The zero-order valence-electron chi connectivity index (χ0n) is 20.4. The minimum Gasteiger partial charge on any atom is -0.444 e. The summed E-state index contributed by atoms with van der Waals surface area (Å²) >= 11 is 0. The number of amides is 1. The lowest BCUT2D eigenvalue weighted by molar-refractivity contribution is 0.0236. The van der Waals surface area contributed by atoms with E-state index in [1.165, 1.54) is 24.0 Å². The number of nitrogens with one attached hydrogen (secondary N) is 1. The highest BCUT2D eigenvalue weighted by Gasteiger charge is 2.49. The van der Waals surface area contributed by atoms with Gasteiger partial charge < -0.3 is 14.6 Å². The minimum atomic E-state index is -0.574. The molecule has 34 heavy (non-hydrogen) atoms. The maximum atomic E-state index is 13.2. The van der Waals surface area contributed by atoms with Crippen LogP contribution in [-0.2, 0) is 23.1 Å². The van der Waals surface area contributed by atoms with E-state index in [0.29, 0.717) is 18.5 Å². The molecule has 3 aliphatic rings. The third kappa shape index (κ3) is 4.52. The van der Waals surface area contributed by atoms with Gasteiger partial charge in [0.05, 0.1) is 23.2 Å². The van der Waals surface area contributed by atoms with Crippen molar-refractivity contribution in [3.05, 3.63) is 63.1 Å². The summed E-state index contributed by atoms with van der Waals surface area (Å²) in [5.41, 5.74) is 4.07. The molecule has 180 valence electrons. The first kappa shape index (κ1) is 22.8. The number of hydrogen-bond donors (Lipinski definition) is 1. The SMILES string of the molecule is CC(C)(C)OC(=O)N1CCCc2nc(C3(c4cncc(C5=CCCCC5)c4)CC3)[nH]c(=O)c2C1. The van der Waals surface area contributed by atoms with Gasteiger partial charge in [-0.1, -0.05) is 6.08 Å².